The molecule has 0 saturated heterocycles. The largest absolute Gasteiger partial charge is 0.493 e. The second-order valence-corrected chi connectivity index (χ2v) is 8.51. The summed E-state index contributed by atoms with van der Waals surface area (Å²) in [6.07, 6.45) is 6.44. The van der Waals surface area contributed by atoms with Gasteiger partial charge in [-0.25, -0.2) is 8.42 Å². The first-order valence-corrected chi connectivity index (χ1v) is 10.6. The Morgan fingerprint density at radius 2 is 1.73 bits per heavy atom. The van der Waals surface area contributed by atoms with Gasteiger partial charge in [0.1, 0.15) is 6.54 Å². The zero-order chi connectivity index (χ0) is 19.3. The molecule has 2 rings (SSSR count). The third kappa shape index (κ3) is 4.81. The Kier molecular flexibility index (Phi) is 6.75. The number of ether oxygens (including phenoxy) is 2. The zero-order valence-electron chi connectivity index (χ0n) is 15.9. The summed E-state index contributed by atoms with van der Waals surface area (Å²) >= 11 is 0. The van der Waals surface area contributed by atoms with E-state index in [4.69, 9.17) is 9.47 Å². The van der Waals surface area contributed by atoms with Gasteiger partial charge in [0.25, 0.3) is 0 Å². The highest BCUT2D eigenvalue weighted by Gasteiger charge is 2.27. The lowest BCUT2D eigenvalue weighted by atomic mass is 9.94. The predicted molar refractivity (Wildman–Crippen MR) is 101 cm³/mol. The minimum atomic E-state index is -3.63. The molecule has 1 amide bonds. The van der Waals surface area contributed by atoms with E-state index in [0.29, 0.717) is 17.2 Å². The third-order valence-corrected chi connectivity index (χ3v) is 5.99. The monoisotopic (exact) mass is 384 g/mol. The fourth-order valence-electron chi connectivity index (χ4n) is 3.29. The maximum Gasteiger partial charge on any atom is 0.243 e. The number of likely N-dealkylation sites (N-methyl/N-ethyl adjacent to an activating group) is 1. The number of methoxy groups -OCH3 is 2. The van der Waals surface area contributed by atoms with Gasteiger partial charge in [0.15, 0.2) is 11.5 Å². The van der Waals surface area contributed by atoms with Gasteiger partial charge in [0.2, 0.25) is 15.9 Å². The van der Waals surface area contributed by atoms with Crippen LogP contribution in [0.25, 0.3) is 0 Å². The molecular formula is C18H28N2O5S. The minimum absolute atomic E-state index is 0.183. The molecule has 0 atom stereocenters. The summed E-state index contributed by atoms with van der Waals surface area (Å²) in [4.78, 5) is 14.4. The molecule has 146 valence electrons. The van der Waals surface area contributed by atoms with Crippen molar-refractivity contribution in [3.63, 3.8) is 0 Å². The van der Waals surface area contributed by atoms with E-state index in [1.54, 1.807) is 30.1 Å². The molecule has 26 heavy (non-hydrogen) atoms. The third-order valence-electron chi connectivity index (χ3n) is 4.85. The van der Waals surface area contributed by atoms with Crippen LogP contribution in [0.2, 0.25) is 0 Å². The number of benzene rings is 1. The van der Waals surface area contributed by atoms with Crippen molar-refractivity contribution in [2.24, 2.45) is 0 Å². The quantitative estimate of drug-likeness (QED) is 0.721. The molecule has 1 saturated carbocycles. The van der Waals surface area contributed by atoms with Crippen molar-refractivity contribution in [2.45, 2.75) is 38.1 Å². The number of hydrogen-bond donors (Lipinski definition) is 0. The smallest absolute Gasteiger partial charge is 0.243 e. The Bertz CT molecular complexity index is 729. The van der Waals surface area contributed by atoms with Gasteiger partial charge in [-0.05, 0) is 25.0 Å². The van der Waals surface area contributed by atoms with E-state index in [9.17, 15) is 13.2 Å². The molecule has 8 heteroatoms. The lowest BCUT2D eigenvalue weighted by Crippen LogP contribution is -2.45. The van der Waals surface area contributed by atoms with Crippen molar-refractivity contribution in [3.8, 4) is 11.5 Å². The van der Waals surface area contributed by atoms with Gasteiger partial charge in [-0.1, -0.05) is 19.3 Å². The molecule has 1 aromatic carbocycles. The number of carbonyl (C=O) groups excluding carboxylic acids is 1. The van der Waals surface area contributed by atoms with Crippen molar-refractivity contribution in [1.29, 1.82) is 0 Å². The normalized spacial score (nSPS) is 15.4. The second-order valence-electron chi connectivity index (χ2n) is 6.61. The molecule has 1 aliphatic carbocycles. The van der Waals surface area contributed by atoms with Gasteiger partial charge < -0.3 is 14.4 Å². The molecule has 0 unspecified atom stereocenters. The lowest BCUT2D eigenvalue weighted by molar-refractivity contribution is -0.130. The maximum absolute atomic E-state index is 12.7. The van der Waals surface area contributed by atoms with E-state index < -0.39 is 10.0 Å². The first kappa shape index (κ1) is 20.4. The number of hydrogen-bond acceptors (Lipinski definition) is 5. The Labute approximate surface area is 155 Å². The highest BCUT2D eigenvalue weighted by molar-refractivity contribution is 7.92. The molecule has 1 aromatic rings. The standard InChI is InChI=1S/C18H28N2O5S/c1-19(14-8-6-5-7-9-14)18(21)13-20(26(4,22)23)15-10-11-16(24-2)17(12-15)25-3/h10-12,14H,5-9,13H2,1-4H3. The van der Waals surface area contributed by atoms with E-state index in [-0.39, 0.29) is 18.5 Å². The highest BCUT2D eigenvalue weighted by atomic mass is 32.2. The zero-order valence-corrected chi connectivity index (χ0v) is 16.7. The fourth-order valence-corrected chi connectivity index (χ4v) is 4.13. The van der Waals surface area contributed by atoms with Crippen molar-refractivity contribution < 1.29 is 22.7 Å². The van der Waals surface area contributed by atoms with Crippen LogP contribution in [-0.4, -0.2) is 59.3 Å². The number of nitrogens with zero attached hydrogens (tertiary/aromatic N) is 2. The topological polar surface area (TPSA) is 76.2 Å². The number of amides is 1. The Balaban J connectivity index is 2.24. The summed E-state index contributed by atoms with van der Waals surface area (Å²) < 4.78 is 36.1. The number of rotatable bonds is 7. The van der Waals surface area contributed by atoms with Crippen molar-refractivity contribution in [2.75, 3.05) is 38.4 Å². The van der Waals surface area contributed by atoms with Crippen LogP contribution in [0.1, 0.15) is 32.1 Å². The maximum atomic E-state index is 12.7. The number of sulfonamides is 1. The summed E-state index contributed by atoms with van der Waals surface area (Å²) in [5.41, 5.74) is 0.371. The molecule has 0 radical (unpaired) electrons. The van der Waals surface area contributed by atoms with Crippen LogP contribution >= 0.6 is 0 Å². The summed E-state index contributed by atoms with van der Waals surface area (Å²) in [6.45, 7) is -0.235. The van der Waals surface area contributed by atoms with Crippen LogP contribution in [0.5, 0.6) is 11.5 Å². The fraction of sp³-hybridized carbons (Fsp3) is 0.611. The van der Waals surface area contributed by atoms with Crippen LogP contribution in [0.4, 0.5) is 5.69 Å². The number of anilines is 1. The average molecular weight is 384 g/mol. The number of carbonyl (C=O) groups is 1. The van der Waals surface area contributed by atoms with Gasteiger partial charge in [0.05, 0.1) is 26.2 Å². The van der Waals surface area contributed by atoms with E-state index in [1.807, 2.05) is 0 Å². The summed E-state index contributed by atoms with van der Waals surface area (Å²) in [5, 5.41) is 0. The van der Waals surface area contributed by atoms with Gasteiger partial charge >= 0.3 is 0 Å². The van der Waals surface area contributed by atoms with Gasteiger partial charge in [0, 0.05) is 19.2 Å². The Morgan fingerprint density at radius 3 is 2.27 bits per heavy atom. The first-order chi connectivity index (χ1) is 12.3. The summed E-state index contributed by atoms with van der Waals surface area (Å²) in [6, 6.07) is 4.98. The molecule has 1 fully saturated rings. The molecule has 0 N–H and O–H groups in total. The van der Waals surface area contributed by atoms with Crippen LogP contribution in [-0.2, 0) is 14.8 Å². The van der Waals surface area contributed by atoms with Gasteiger partial charge in [-0.2, -0.15) is 0 Å². The van der Waals surface area contributed by atoms with Crippen molar-refractivity contribution in [1.82, 2.24) is 4.90 Å². The minimum Gasteiger partial charge on any atom is -0.493 e. The highest BCUT2D eigenvalue weighted by Crippen LogP contribution is 2.32. The molecule has 0 bridgehead atoms. The molecule has 0 aliphatic heterocycles. The van der Waals surface area contributed by atoms with Crippen molar-refractivity contribution >= 4 is 21.6 Å². The average Bonchev–Trinajstić information content (AvgIpc) is 2.64. The van der Waals surface area contributed by atoms with E-state index in [2.05, 4.69) is 0 Å². The molecule has 0 spiro atoms. The van der Waals surface area contributed by atoms with E-state index >= 15 is 0 Å². The Hall–Kier alpha value is -1.96. The molecule has 7 nitrogen and oxygen atoms in total. The Morgan fingerprint density at radius 1 is 1.12 bits per heavy atom. The van der Waals surface area contributed by atoms with E-state index in [0.717, 1.165) is 36.2 Å². The molecule has 1 aliphatic rings. The SMILES string of the molecule is COc1ccc(N(CC(=O)N(C)C2CCCCC2)S(C)(=O)=O)cc1OC. The van der Waals surface area contributed by atoms with Crippen molar-refractivity contribution in [3.05, 3.63) is 18.2 Å². The van der Waals surface area contributed by atoms with Crippen LogP contribution in [0, 0.1) is 0 Å². The van der Waals surface area contributed by atoms with Crippen LogP contribution < -0.4 is 13.8 Å². The summed E-state index contributed by atoms with van der Waals surface area (Å²) in [5.74, 6) is 0.694. The van der Waals surface area contributed by atoms with Crippen LogP contribution in [0.3, 0.4) is 0 Å². The van der Waals surface area contributed by atoms with Gasteiger partial charge in [-0.15, -0.1) is 0 Å². The summed E-state index contributed by atoms with van der Waals surface area (Å²) in [7, 11) is 1.11. The molecule has 0 aromatic heterocycles. The predicted octanol–water partition coefficient (Wildman–Crippen LogP) is 2.26. The first-order valence-electron chi connectivity index (χ1n) is 8.73. The van der Waals surface area contributed by atoms with Gasteiger partial charge in [-0.3, -0.25) is 9.10 Å². The lowest BCUT2D eigenvalue weighted by Gasteiger charge is -2.33. The van der Waals surface area contributed by atoms with E-state index in [1.165, 1.54) is 20.6 Å². The molecule has 0 heterocycles. The second kappa shape index (κ2) is 8.62. The van der Waals surface area contributed by atoms with Crippen LogP contribution in [0.15, 0.2) is 18.2 Å². The molecular weight excluding hydrogens is 356 g/mol.